The Kier molecular flexibility index (Phi) is 8.13. The first-order valence-electron chi connectivity index (χ1n) is 12.5. The van der Waals surface area contributed by atoms with Crippen LogP contribution < -0.4 is 20.1 Å². The number of halogens is 3. The lowest BCUT2D eigenvalue weighted by atomic mass is 9.91. The van der Waals surface area contributed by atoms with Crippen molar-refractivity contribution in [1.29, 1.82) is 0 Å². The van der Waals surface area contributed by atoms with Crippen molar-refractivity contribution in [2.75, 3.05) is 38.7 Å². The molecule has 0 spiro atoms. The van der Waals surface area contributed by atoms with Gasteiger partial charge in [0, 0.05) is 30.1 Å². The van der Waals surface area contributed by atoms with Crippen LogP contribution in [0.1, 0.15) is 43.8 Å². The van der Waals surface area contributed by atoms with Gasteiger partial charge in [0.05, 0.1) is 46.3 Å². The van der Waals surface area contributed by atoms with Crippen molar-refractivity contribution in [2.24, 2.45) is 0 Å². The fourth-order valence-electron chi connectivity index (χ4n) is 4.32. The molecule has 1 aromatic heterocycles. The Bertz CT molecular complexity index is 1350. The number of methoxy groups -OCH3 is 1. The number of fused-ring (bicyclic) bond motifs is 1. The van der Waals surface area contributed by atoms with Gasteiger partial charge in [-0.25, -0.2) is 14.4 Å². The zero-order valence-corrected chi connectivity index (χ0v) is 23.5. The third kappa shape index (κ3) is 5.98. The van der Waals surface area contributed by atoms with E-state index in [1.165, 1.54) is 19.2 Å². The number of ether oxygens (including phenoxy) is 3. The Hall–Kier alpha value is -2.93. The summed E-state index contributed by atoms with van der Waals surface area (Å²) in [5.74, 6) is -3.24. The fraction of sp³-hybridized carbons (Fsp3) is 0.481. The Morgan fingerprint density at radius 2 is 2.00 bits per heavy atom. The molecule has 1 saturated heterocycles. The lowest BCUT2D eigenvalue weighted by molar-refractivity contribution is -0.170. The number of aromatic nitrogens is 2. The van der Waals surface area contributed by atoms with E-state index in [1.54, 1.807) is 26.0 Å². The molecule has 4 rings (SSSR count). The number of rotatable bonds is 9. The Balaban J connectivity index is 1.69. The molecule has 3 N–H and O–H groups in total. The third-order valence-corrected chi connectivity index (χ3v) is 7.04. The number of nitrogens with zero attached hydrogens (tertiary/aromatic N) is 2. The van der Waals surface area contributed by atoms with Gasteiger partial charge in [-0.3, -0.25) is 0 Å². The van der Waals surface area contributed by atoms with Crippen LogP contribution in [0.2, 0.25) is 0 Å². The molecule has 209 valence electrons. The second kappa shape index (κ2) is 10.9. The van der Waals surface area contributed by atoms with Crippen LogP contribution in [0.15, 0.2) is 30.3 Å². The molecule has 12 heteroatoms. The molecular formula is C27H32F3N4O4Si. The summed E-state index contributed by atoms with van der Waals surface area (Å²) in [7, 11) is 5.16. The molecule has 1 aliphatic rings. The van der Waals surface area contributed by atoms with Crippen molar-refractivity contribution < 1.29 is 32.5 Å². The minimum atomic E-state index is -3.81. The van der Waals surface area contributed by atoms with Crippen LogP contribution in [0, 0.1) is 12.7 Å². The van der Waals surface area contributed by atoms with E-state index in [2.05, 4.69) is 30.8 Å². The van der Waals surface area contributed by atoms with Crippen LogP contribution in [-0.4, -0.2) is 69.6 Å². The average molecular weight is 562 g/mol. The number of alkyl halides is 2. The molecule has 2 aromatic carbocycles. The summed E-state index contributed by atoms with van der Waals surface area (Å²) < 4.78 is 62.5. The lowest BCUT2D eigenvalue weighted by Gasteiger charge is -2.34. The quantitative estimate of drug-likeness (QED) is 0.338. The Morgan fingerprint density at radius 3 is 2.64 bits per heavy atom. The highest BCUT2D eigenvalue weighted by molar-refractivity contribution is 6.15. The minimum absolute atomic E-state index is 0.00578. The second-order valence-electron chi connectivity index (χ2n) is 10.2. The molecule has 3 radical (unpaired) electrons. The molecule has 1 fully saturated rings. The molecule has 0 amide bonds. The summed E-state index contributed by atoms with van der Waals surface area (Å²) in [4.78, 5) is 8.98. The van der Waals surface area contributed by atoms with Crippen molar-refractivity contribution in [3.8, 4) is 11.5 Å². The molecule has 3 aromatic rings. The molecule has 0 unspecified atom stereocenters. The summed E-state index contributed by atoms with van der Waals surface area (Å²) in [6.07, 6.45) is 0. The highest BCUT2D eigenvalue weighted by Crippen LogP contribution is 2.42. The summed E-state index contributed by atoms with van der Waals surface area (Å²) >= 11 is 0. The van der Waals surface area contributed by atoms with E-state index >= 15 is 4.39 Å². The number of hydrogen-bond donors (Lipinski definition) is 3. The fourth-order valence-corrected chi connectivity index (χ4v) is 4.62. The van der Waals surface area contributed by atoms with E-state index in [1.807, 2.05) is 0 Å². The highest BCUT2D eigenvalue weighted by Gasteiger charge is 2.49. The van der Waals surface area contributed by atoms with Crippen molar-refractivity contribution in [2.45, 2.75) is 50.5 Å². The van der Waals surface area contributed by atoms with Crippen molar-refractivity contribution >= 4 is 27.0 Å². The minimum Gasteiger partial charge on any atom is -0.493 e. The number of aliphatic hydroxyl groups is 1. The molecule has 1 aliphatic heterocycles. The van der Waals surface area contributed by atoms with Gasteiger partial charge in [0.2, 0.25) is 0 Å². The predicted molar refractivity (Wildman–Crippen MR) is 142 cm³/mol. The van der Waals surface area contributed by atoms with Gasteiger partial charge in [-0.2, -0.15) is 8.78 Å². The van der Waals surface area contributed by atoms with Gasteiger partial charge < -0.3 is 30.0 Å². The van der Waals surface area contributed by atoms with E-state index < -0.39 is 34.2 Å². The maximum absolute atomic E-state index is 15.4. The van der Waals surface area contributed by atoms with Gasteiger partial charge in [0.15, 0.2) is 11.5 Å². The second-order valence-corrected chi connectivity index (χ2v) is 11.1. The van der Waals surface area contributed by atoms with E-state index in [0.29, 0.717) is 47.2 Å². The SMILES string of the molecule is COc1cc2nc(C)nc(N[C@H](C)c3cccc(C(F)(F)C(C)(C)O)c3F)c2cc1OC[C@@]1([Si])CNCCO1. The largest absolute Gasteiger partial charge is 0.493 e. The van der Waals surface area contributed by atoms with Gasteiger partial charge in [0.1, 0.15) is 29.7 Å². The first-order valence-corrected chi connectivity index (χ1v) is 13.0. The standard InChI is InChI=1S/C27H32F3N4O4Si/c1-15(17-7-6-8-19(23(17)28)27(29,30)25(3,4)35)32-24-18-11-22(37-14-26(39)13-31-9-10-38-26)21(36-5)12-20(18)33-16(2)34-24/h6-8,11-12,15,31,35H,9-10,13-14H2,1-5H3,(H,32,33,34)/t15-,26+/m1/s1. The number of morpholine rings is 1. The normalized spacial score (nSPS) is 19.1. The van der Waals surface area contributed by atoms with Crippen LogP contribution in [0.4, 0.5) is 19.0 Å². The van der Waals surface area contributed by atoms with Crippen LogP contribution in [0.3, 0.4) is 0 Å². The summed E-state index contributed by atoms with van der Waals surface area (Å²) in [6.45, 7) is 7.23. The first kappa shape index (κ1) is 29.1. The third-order valence-electron chi connectivity index (χ3n) is 6.58. The van der Waals surface area contributed by atoms with Gasteiger partial charge in [-0.15, -0.1) is 0 Å². The number of anilines is 1. The maximum Gasteiger partial charge on any atom is 0.303 e. The molecule has 0 saturated carbocycles. The highest BCUT2D eigenvalue weighted by atomic mass is 28.1. The summed E-state index contributed by atoms with van der Waals surface area (Å²) in [5, 5.41) is 16.2. The molecule has 8 nitrogen and oxygen atoms in total. The molecule has 2 atom stereocenters. The van der Waals surface area contributed by atoms with Gasteiger partial charge in [-0.1, -0.05) is 12.1 Å². The smallest absolute Gasteiger partial charge is 0.303 e. The van der Waals surface area contributed by atoms with Gasteiger partial charge in [-0.05, 0) is 39.8 Å². The van der Waals surface area contributed by atoms with E-state index in [9.17, 15) is 13.9 Å². The van der Waals surface area contributed by atoms with Gasteiger partial charge in [0.25, 0.3) is 0 Å². The van der Waals surface area contributed by atoms with Crippen LogP contribution in [0.5, 0.6) is 11.5 Å². The summed E-state index contributed by atoms with van der Waals surface area (Å²) in [6, 6.07) is 6.39. The number of hydrogen-bond acceptors (Lipinski definition) is 8. The van der Waals surface area contributed by atoms with Crippen LogP contribution >= 0.6 is 0 Å². The lowest BCUT2D eigenvalue weighted by Crippen LogP contribution is -2.53. The molecular weight excluding hydrogens is 529 g/mol. The zero-order chi connectivity index (χ0) is 28.6. The topological polar surface area (TPSA) is 97.8 Å². The van der Waals surface area contributed by atoms with E-state index in [0.717, 1.165) is 26.5 Å². The maximum atomic E-state index is 15.4. The molecule has 0 bridgehead atoms. The molecule has 2 heterocycles. The van der Waals surface area contributed by atoms with Crippen molar-refractivity contribution in [3.05, 3.63) is 53.1 Å². The van der Waals surface area contributed by atoms with Crippen molar-refractivity contribution in [1.82, 2.24) is 15.3 Å². The van der Waals surface area contributed by atoms with Crippen LogP contribution in [0.25, 0.3) is 10.9 Å². The summed E-state index contributed by atoms with van der Waals surface area (Å²) in [5.41, 5.74) is -2.79. The van der Waals surface area contributed by atoms with E-state index in [-0.39, 0.29) is 12.2 Å². The van der Waals surface area contributed by atoms with Crippen LogP contribution in [-0.2, 0) is 10.7 Å². The molecule has 39 heavy (non-hydrogen) atoms. The number of nitrogens with one attached hydrogen (secondary N) is 2. The Labute approximate surface area is 228 Å². The zero-order valence-electron chi connectivity index (χ0n) is 22.5. The average Bonchev–Trinajstić information content (AvgIpc) is 2.86. The van der Waals surface area contributed by atoms with Gasteiger partial charge >= 0.3 is 5.92 Å². The Morgan fingerprint density at radius 1 is 1.26 bits per heavy atom. The molecule has 0 aliphatic carbocycles. The first-order chi connectivity index (χ1) is 18.3. The number of aryl methyl sites for hydroxylation is 1. The van der Waals surface area contributed by atoms with Crippen molar-refractivity contribution in [3.63, 3.8) is 0 Å². The van der Waals surface area contributed by atoms with E-state index in [4.69, 9.17) is 14.2 Å². The monoisotopic (exact) mass is 561 g/mol. The number of benzene rings is 2. The predicted octanol–water partition coefficient (Wildman–Crippen LogP) is 3.99.